The third-order valence-corrected chi connectivity index (χ3v) is 4.85. The van der Waals surface area contributed by atoms with Crippen molar-refractivity contribution in [3.63, 3.8) is 0 Å². The van der Waals surface area contributed by atoms with E-state index in [0.717, 1.165) is 10.7 Å². The summed E-state index contributed by atoms with van der Waals surface area (Å²) in [5.41, 5.74) is 2.88. The molecule has 0 spiro atoms. The molecule has 0 atom stereocenters. The van der Waals surface area contributed by atoms with Crippen molar-refractivity contribution in [3.05, 3.63) is 82.2 Å². The van der Waals surface area contributed by atoms with Gasteiger partial charge in [-0.25, -0.2) is 4.98 Å². The molecule has 0 saturated heterocycles. The number of nitro benzene ring substituents is 1. The Balaban J connectivity index is 1.55. The number of carbonyl (C=O) groups is 1. The van der Waals surface area contributed by atoms with Gasteiger partial charge in [0.05, 0.1) is 10.7 Å². The molecule has 0 aliphatic rings. The number of non-ortho nitro benzene ring substituents is 1. The van der Waals surface area contributed by atoms with Crippen molar-refractivity contribution in [2.75, 3.05) is 11.1 Å². The van der Waals surface area contributed by atoms with Gasteiger partial charge in [-0.3, -0.25) is 14.9 Å². The number of nitrogens with one attached hydrogen (secondary N) is 1. The van der Waals surface area contributed by atoms with Gasteiger partial charge in [0.15, 0.2) is 5.16 Å². The van der Waals surface area contributed by atoms with Gasteiger partial charge in [-0.2, -0.15) is 0 Å². The van der Waals surface area contributed by atoms with Crippen LogP contribution in [0.3, 0.4) is 0 Å². The molecular weight excluding hydrogens is 364 g/mol. The molecule has 8 heteroatoms. The largest absolute Gasteiger partial charge is 0.325 e. The van der Waals surface area contributed by atoms with E-state index in [9.17, 15) is 14.9 Å². The van der Waals surface area contributed by atoms with Gasteiger partial charge < -0.3 is 9.88 Å². The number of imidazole rings is 1. The average molecular weight is 382 g/mol. The van der Waals surface area contributed by atoms with E-state index in [-0.39, 0.29) is 17.3 Å². The molecule has 3 aromatic rings. The van der Waals surface area contributed by atoms with Crippen molar-refractivity contribution in [1.29, 1.82) is 0 Å². The number of thioether (sulfide) groups is 1. The third kappa shape index (κ3) is 5.18. The number of rotatable bonds is 7. The smallest absolute Gasteiger partial charge is 0.269 e. The fourth-order valence-electron chi connectivity index (χ4n) is 2.44. The fraction of sp³-hybridized carbons (Fsp3) is 0.158. The Morgan fingerprint density at radius 1 is 1.19 bits per heavy atom. The van der Waals surface area contributed by atoms with E-state index >= 15 is 0 Å². The number of nitro groups is 1. The molecule has 1 N–H and O–H groups in total. The van der Waals surface area contributed by atoms with E-state index in [0.29, 0.717) is 12.2 Å². The van der Waals surface area contributed by atoms with Crippen molar-refractivity contribution in [3.8, 4) is 0 Å². The maximum Gasteiger partial charge on any atom is 0.269 e. The number of hydrogen-bond acceptors (Lipinski definition) is 5. The van der Waals surface area contributed by atoms with E-state index in [2.05, 4.69) is 34.6 Å². The van der Waals surface area contributed by atoms with Crippen LogP contribution in [0.4, 0.5) is 11.4 Å². The Morgan fingerprint density at radius 2 is 1.89 bits per heavy atom. The van der Waals surface area contributed by atoms with Gasteiger partial charge in [0.2, 0.25) is 5.91 Å². The summed E-state index contributed by atoms with van der Waals surface area (Å²) in [6, 6.07) is 14.0. The molecule has 0 radical (unpaired) electrons. The van der Waals surface area contributed by atoms with E-state index in [1.165, 1.54) is 41.6 Å². The second kappa shape index (κ2) is 8.50. The summed E-state index contributed by atoms with van der Waals surface area (Å²) in [6.07, 6.45) is 3.60. The maximum atomic E-state index is 12.1. The van der Waals surface area contributed by atoms with Crippen LogP contribution in [-0.4, -0.2) is 26.1 Å². The zero-order valence-corrected chi connectivity index (χ0v) is 15.5. The summed E-state index contributed by atoms with van der Waals surface area (Å²) in [5, 5.41) is 14.1. The highest BCUT2D eigenvalue weighted by molar-refractivity contribution is 7.99. The third-order valence-electron chi connectivity index (χ3n) is 3.85. The lowest BCUT2D eigenvalue weighted by Gasteiger charge is -2.08. The summed E-state index contributed by atoms with van der Waals surface area (Å²) in [7, 11) is 0. The summed E-state index contributed by atoms with van der Waals surface area (Å²) < 4.78 is 1.99. The maximum absolute atomic E-state index is 12.1. The number of anilines is 1. The highest BCUT2D eigenvalue weighted by atomic mass is 32.2. The SMILES string of the molecule is Cc1ccc(Cn2ccnc2SCC(=O)Nc2ccc([N+](=O)[O-])cc2)cc1. The van der Waals surface area contributed by atoms with Crippen LogP contribution >= 0.6 is 11.8 Å². The van der Waals surface area contributed by atoms with Crippen LogP contribution in [0.15, 0.2) is 66.1 Å². The quantitative estimate of drug-likeness (QED) is 0.380. The van der Waals surface area contributed by atoms with Crippen molar-refractivity contribution >= 4 is 29.0 Å². The van der Waals surface area contributed by atoms with Crippen LogP contribution in [0.2, 0.25) is 0 Å². The number of aryl methyl sites for hydroxylation is 1. The molecule has 0 fully saturated rings. The highest BCUT2D eigenvalue weighted by Crippen LogP contribution is 2.19. The first-order valence-electron chi connectivity index (χ1n) is 8.25. The number of benzene rings is 2. The molecule has 1 aromatic heterocycles. The summed E-state index contributed by atoms with van der Waals surface area (Å²) >= 11 is 1.34. The molecule has 0 bridgehead atoms. The van der Waals surface area contributed by atoms with Gasteiger partial charge >= 0.3 is 0 Å². The second-order valence-corrected chi connectivity index (χ2v) is 6.91. The molecule has 1 amide bonds. The molecular formula is C19H18N4O3S. The van der Waals surface area contributed by atoms with Gasteiger partial charge in [0.1, 0.15) is 0 Å². The van der Waals surface area contributed by atoms with Crippen LogP contribution < -0.4 is 5.32 Å². The molecule has 0 aliphatic carbocycles. The molecule has 0 unspecified atom stereocenters. The number of carbonyl (C=O) groups excluding carboxylic acids is 1. The van der Waals surface area contributed by atoms with Gasteiger partial charge in [0, 0.05) is 36.8 Å². The Morgan fingerprint density at radius 3 is 2.56 bits per heavy atom. The molecule has 138 valence electrons. The van der Waals surface area contributed by atoms with Gasteiger partial charge in [0.25, 0.3) is 5.69 Å². The Hall–Kier alpha value is -3.13. The first-order chi connectivity index (χ1) is 13.0. The monoisotopic (exact) mass is 382 g/mol. The van der Waals surface area contributed by atoms with E-state index in [1.807, 2.05) is 17.7 Å². The summed E-state index contributed by atoms with van der Waals surface area (Å²) in [4.78, 5) is 26.6. The Bertz CT molecular complexity index is 936. The van der Waals surface area contributed by atoms with Crippen molar-refractivity contribution in [2.24, 2.45) is 0 Å². The zero-order chi connectivity index (χ0) is 19.2. The van der Waals surface area contributed by atoms with Gasteiger partial charge in [-0.15, -0.1) is 0 Å². The van der Waals surface area contributed by atoms with Crippen molar-refractivity contribution in [1.82, 2.24) is 9.55 Å². The van der Waals surface area contributed by atoms with E-state index in [4.69, 9.17) is 0 Å². The van der Waals surface area contributed by atoms with Crippen molar-refractivity contribution < 1.29 is 9.72 Å². The zero-order valence-electron chi connectivity index (χ0n) is 14.7. The molecule has 3 rings (SSSR count). The normalized spacial score (nSPS) is 10.6. The lowest BCUT2D eigenvalue weighted by molar-refractivity contribution is -0.384. The molecule has 2 aromatic carbocycles. The molecule has 1 heterocycles. The number of hydrogen-bond donors (Lipinski definition) is 1. The van der Waals surface area contributed by atoms with E-state index in [1.54, 1.807) is 6.20 Å². The van der Waals surface area contributed by atoms with Crippen molar-refractivity contribution in [2.45, 2.75) is 18.6 Å². The standard InChI is InChI=1S/C19H18N4O3S/c1-14-2-4-15(5-3-14)12-22-11-10-20-19(22)27-13-18(24)21-16-6-8-17(9-7-16)23(25)26/h2-11H,12-13H2,1H3,(H,21,24). The fourth-order valence-corrected chi connectivity index (χ4v) is 3.20. The first-order valence-corrected chi connectivity index (χ1v) is 9.23. The van der Waals surface area contributed by atoms with Crippen LogP contribution in [0, 0.1) is 17.0 Å². The van der Waals surface area contributed by atoms with Crippen LogP contribution in [-0.2, 0) is 11.3 Å². The Kier molecular flexibility index (Phi) is 5.87. The molecule has 0 saturated carbocycles. The van der Waals surface area contributed by atoms with E-state index < -0.39 is 4.92 Å². The second-order valence-electron chi connectivity index (χ2n) is 5.96. The lowest BCUT2D eigenvalue weighted by atomic mass is 10.1. The highest BCUT2D eigenvalue weighted by Gasteiger charge is 2.10. The van der Waals surface area contributed by atoms with Crippen LogP contribution in [0.25, 0.3) is 0 Å². The lowest BCUT2D eigenvalue weighted by Crippen LogP contribution is -2.14. The number of amides is 1. The summed E-state index contributed by atoms with van der Waals surface area (Å²) in [5.74, 6) is 0.000716. The minimum Gasteiger partial charge on any atom is -0.325 e. The predicted octanol–water partition coefficient (Wildman–Crippen LogP) is 3.88. The molecule has 27 heavy (non-hydrogen) atoms. The topological polar surface area (TPSA) is 90.1 Å². The molecule has 0 aliphatic heterocycles. The van der Waals surface area contributed by atoms with Gasteiger partial charge in [-0.05, 0) is 24.6 Å². The summed E-state index contributed by atoms with van der Waals surface area (Å²) in [6.45, 7) is 2.73. The minimum atomic E-state index is -0.477. The van der Waals surface area contributed by atoms with Gasteiger partial charge in [-0.1, -0.05) is 41.6 Å². The minimum absolute atomic E-state index is 0.0134. The average Bonchev–Trinajstić information content (AvgIpc) is 3.09. The number of aromatic nitrogens is 2. The number of nitrogens with zero attached hydrogens (tertiary/aromatic N) is 3. The molecule has 7 nitrogen and oxygen atoms in total. The Labute approximate surface area is 160 Å². The predicted molar refractivity (Wildman–Crippen MR) is 105 cm³/mol. The first kappa shape index (κ1) is 18.7. The van der Waals surface area contributed by atoms with Crippen LogP contribution in [0.1, 0.15) is 11.1 Å². The van der Waals surface area contributed by atoms with Crippen LogP contribution in [0.5, 0.6) is 0 Å².